The Morgan fingerprint density at radius 1 is 1.42 bits per heavy atom. The van der Waals surface area contributed by atoms with E-state index < -0.39 is 0 Å². The van der Waals surface area contributed by atoms with Crippen LogP contribution in [0.15, 0.2) is 30.3 Å². The van der Waals surface area contributed by atoms with Crippen molar-refractivity contribution in [2.45, 2.75) is 25.9 Å². The molecule has 1 aliphatic heterocycles. The van der Waals surface area contributed by atoms with Gasteiger partial charge in [0.15, 0.2) is 0 Å². The van der Waals surface area contributed by atoms with E-state index >= 15 is 0 Å². The molecule has 1 amide bonds. The van der Waals surface area contributed by atoms with Gasteiger partial charge in [0.05, 0.1) is 0 Å². The SMILES string of the molecule is CCN(Cc1ccccc1)C1CCN(C(=O)CCl)C1. The summed E-state index contributed by atoms with van der Waals surface area (Å²) in [4.78, 5) is 15.9. The molecule has 19 heavy (non-hydrogen) atoms. The van der Waals surface area contributed by atoms with Gasteiger partial charge in [-0.1, -0.05) is 37.3 Å². The molecular formula is C15H21ClN2O. The number of amides is 1. The molecule has 1 saturated heterocycles. The smallest absolute Gasteiger partial charge is 0.237 e. The molecule has 0 N–H and O–H groups in total. The van der Waals surface area contributed by atoms with Gasteiger partial charge >= 0.3 is 0 Å². The third-order valence-electron chi connectivity index (χ3n) is 3.78. The Balaban J connectivity index is 1.94. The Labute approximate surface area is 120 Å². The zero-order valence-corrected chi connectivity index (χ0v) is 12.1. The zero-order valence-electron chi connectivity index (χ0n) is 11.4. The summed E-state index contributed by atoms with van der Waals surface area (Å²) in [5.74, 6) is 0.150. The predicted octanol–water partition coefficient (Wildman–Crippen LogP) is 2.35. The molecule has 1 heterocycles. The van der Waals surface area contributed by atoms with Gasteiger partial charge in [0.2, 0.25) is 5.91 Å². The van der Waals surface area contributed by atoms with Crippen molar-refractivity contribution in [2.24, 2.45) is 0 Å². The van der Waals surface area contributed by atoms with Gasteiger partial charge in [0.1, 0.15) is 5.88 Å². The molecule has 2 rings (SSSR count). The fraction of sp³-hybridized carbons (Fsp3) is 0.533. The highest BCUT2D eigenvalue weighted by Crippen LogP contribution is 2.18. The van der Waals surface area contributed by atoms with Crippen molar-refractivity contribution in [1.82, 2.24) is 9.80 Å². The Morgan fingerprint density at radius 3 is 2.79 bits per heavy atom. The molecule has 1 atom stereocenters. The number of alkyl halides is 1. The van der Waals surface area contributed by atoms with Crippen LogP contribution in [-0.2, 0) is 11.3 Å². The number of hydrogen-bond donors (Lipinski definition) is 0. The number of nitrogens with zero attached hydrogens (tertiary/aromatic N) is 2. The van der Waals surface area contributed by atoms with E-state index in [9.17, 15) is 4.79 Å². The van der Waals surface area contributed by atoms with Crippen LogP contribution in [0.2, 0.25) is 0 Å². The molecule has 4 heteroatoms. The Bertz CT molecular complexity index is 410. The summed E-state index contributed by atoms with van der Waals surface area (Å²) in [5.41, 5.74) is 1.33. The van der Waals surface area contributed by atoms with Crippen molar-refractivity contribution in [3.63, 3.8) is 0 Å². The lowest BCUT2D eigenvalue weighted by Gasteiger charge is -2.27. The Kier molecular flexibility index (Phi) is 5.23. The normalized spacial score (nSPS) is 19.1. The maximum Gasteiger partial charge on any atom is 0.237 e. The van der Waals surface area contributed by atoms with Crippen LogP contribution in [0.1, 0.15) is 18.9 Å². The molecule has 0 aliphatic carbocycles. The number of likely N-dealkylation sites (N-methyl/N-ethyl adjacent to an activating group) is 1. The lowest BCUT2D eigenvalue weighted by atomic mass is 10.1. The summed E-state index contributed by atoms with van der Waals surface area (Å²) < 4.78 is 0. The van der Waals surface area contributed by atoms with Gasteiger partial charge in [-0.05, 0) is 18.5 Å². The van der Waals surface area contributed by atoms with Gasteiger partial charge in [-0.2, -0.15) is 0 Å². The van der Waals surface area contributed by atoms with Crippen molar-refractivity contribution in [1.29, 1.82) is 0 Å². The van der Waals surface area contributed by atoms with Crippen LogP contribution in [0.5, 0.6) is 0 Å². The molecule has 104 valence electrons. The molecule has 1 aromatic carbocycles. The fourth-order valence-corrected chi connectivity index (χ4v) is 2.84. The average molecular weight is 281 g/mol. The average Bonchev–Trinajstić information content (AvgIpc) is 2.94. The van der Waals surface area contributed by atoms with Gasteiger partial charge < -0.3 is 4.90 Å². The summed E-state index contributed by atoms with van der Waals surface area (Å²) in [6, 6.07) is 10.9. The van der Waals surface area contributed by atoms with Crippen molar-refractivity contribution in [3.8, 4) is 0 Å². The maximum atomic E-state index is 11.6. The van der Waals surface area contributed by atoms with Crippen LogP contribution in [0.25, 0.3) is 0 Å². The van der Waals surface area contributed by atoms with Crippen molar-refractivity contribution in [2.75, 3.05) is 25.5 Å². The molecule has 0 saturated carbocycles. The fourth-order valence-electron chi connectivity index (χ4n) is 2.67. The van der Waals surface area contributed by atoms with Crippen LogP contribution >= 0.6 is 11.6 Å². The lowest BCUT2D eigenvalue weighted by molar-refractivity contribution is -0.127. The summed E-state index contributed by atoms with van der Waals surface area (Å²) in [7, 11) is 0. The number of likely N-dealkylation sites (tertiary alicyclic amines) is 1. The van der Waals surface area contributed by atoms with Gasteiger partial charge in [-0.3, -0.25) is 9.69 Å². The number of benzene rings is 1. The van der Waals surface area contributed by atoms with Gasteiger partial charge in [-0.15, -0.1) is 11.6 Å². The molecule has 0 radical (unpaired) electrons. The third-order valence-corrected chi connectivity index (χ3v) is 4.01. The van der Waals surface area contributed by atoms with E-state index in [1.807, 2.05) is 11.0 Å². The van der Waals surface area contributed by atoms with Crippen LogP contribution in [0, 0.1) is 0 Å². The summed E-state index contributed by atoms with van der Waals surface area (Å²) in [6.07, 6.45) is 1.04. The molecule has 3 nitrogen and oxygen atoms in total. The first kappa shape index (κ1) is 14.4. The standard InChI is InChI=1S/C15H21ClN2O/c1-2-17(11-13-6-4-3-5-7-13)14-8-9-18(12-14)15(19)10-16/h3-7,14H,2,8-12H2,1H3. The van der Waals surface area contributed by atoms with Crippen LogP contribution < -0.4 is 0 Å². The zero-order chi connectivity index (χ0) is 13.7. The number of carbonyl (C=O) groups excluding carboxylic acids is 1. The summed E-state index contributed by atoms with van der Waals surface area (Å²) >= 11 is 5.62. The molecule has 1 unspecified atom stereocenters. The first-order valence-corrected chi connectivity index (χ1v) is 7.39. The minimum absolute atomic E-state index is 0.0555. The number of rotatable bonds is 5. The van der Waals surface area contributed by atoms with Crippen LogP contribution in [-0.4, -0.2) is 47.3 Å². The summed E-state index contributed by atoms with van der Waals surface area (Å²) in [5, 5.41) is 0. The van der Waals surface area contributed by atoms with Gasteiger partial charge in [-0.25, -0.2) is 0 Å². The van der Waals surface area contributed by atoms with E-state index in [-0.39, 0.29) is 11.8 Å². The van der Waals surface area contributed by atoms with Gasteiger partial charge in [0.25, 0.3) is 0 Å². The molecule has 0 aromatic heterocycles. The van der Waals surface area contributed by atoms with E-state index in [1.54, 1.807) is 0 Å². The second-order valence-electron chi connectivity index (χ2n) is 4.96. The topological polar surface area (TPSA) is 23.6 Å². The molecule has 0 spiro atoms. The maximum absolute atomic E-state index is 11.6. The second-order valence-corrected chi connectivity index (χ2v) is 5.23. The predicted molar refractivity (Wildman–Crippen MR) is 78.2 cm³/mol. The van der Waals surface area contributed by atoms with Gasteiger partial charge in [0, 0.05) is 25.7 Å². The van der Waals surface area contributed by atoms with E-state index in [0.717, 1.165) is 32.6 Å². The molecule has 1 fully saturated rings. The second kappa shape index (κ2) is 6.92. The minimum atomic E-state index is 0.0555. The third kappa shape index (κ3) is 3.71. The first-order valence-electron chi connectivity index (χ1n) is 6.86. The number of hydrogen-bond acceptors (Lipinski definition) is 2. The highest BCUT2D eigenvalue weighted by atomic mass is 35.5. The van der Waals surface area contributed by atoms with Crippen molar-refractivity contribution < 1.29 is 4.79 Å². The van der Waals surface area contributed by atoms with Crippen LogP contribution in [0.4, 0.5) is 0 Å². The quantitative estimate of drug-likeness (QED) is 0.773. The van der Waals surface area contributed by atoms with E-state index in [0.29, 0.717) is 6.04 Å². The van der Waals surface area contributed by atoms with Crippen LogP contribution in [0.3, 0.4) is 0 Å². The molecular weight excluding hydrogens is 260 g/mol. The molecule has 1 aromatic rings. The number of carbonyl (C=O) groups is 1. The summed E-state index contributed by atoms with van der Waals surface area (Å²) in [6.45, 7) is 5.77. The highest BCUT2D eigenvalue weighted by molar-refractivity contribution is 6.27. The highest BCUT2D eigenvalue weighted by Gasteiger charge is 2.29. The van der Waals surface area contributed by atoms with Crippen molar-refractivity contribution >= 4 is 17.5 Å². The lowest BCUT2D eigenvalue weighted by Crippen LogP contribution is -2.38. The van der Waals surface area contributed by atoms with E-state index in [1.165, 1.54) is 5.56 Å². The van der Waals surface area contributed by atoms with Crippen molar-refractivity contribution in [3.05, 3.63) is 35.9 Å². The molecule has 1 aliphatic rings. The number of halogens is 1. The minimum Gasteiger partial charge on any atom is -0.340 e. The Morgan fingerprint density at radius 2 is 2.16 bits per heavy atom. The van der Waals surface area contributed by atoms with E-state index in [2.05, 4.69) is 36.1 Å². The largest absolute Gasteiger partial charge is 0.340 e. The Hall–Kier alpha value is -1.06. The first-order chi connectivity index (χ1) is 9.24. The molecule has 0 bridgehead atoms. The monoisotopic (exact) mass is 280 g/mol. The van der Waals surface area contributed by atoms with E-state index in [4.69, 9.17) is 11.6 Å².